The standard InChI is InChI=1S/C11H10F2N4O3S/c12-7-2-1-3-8(11(7)13)21(19,20)16-10-4-5-17(15-10)6-9(14)18/h1-5H,6H2,(H2,14,18)(H,15,16). The molecule has 1 amide bonds. The lowest BCUT2D eigenvalue weighted by Crippen LogP contribution is -2.19. The highest BCUT2D eigenvalue weighted by Gasteiger charge is 2.22. The predicted molar refractivity (Wildman–Crippen MR) is 68.6 cm³/mol. The van der Waals surface area contributed by atoms with Crippen molar-refractivity contribution in [3.63, 3.8) is 0 Å². The Kier molecular flexibility index (Phi) is 3.89. The molecular formula is C11H10F2N4O3S. The molecule has 0 aliphatic rings. The van der Waals surface area contributed by atoms with Crippen LogP contribution >= 0.6 is 0 Å². The number of halogens is 2. The predicted octanol–water partition coefficient (Wildman–Crippen LogP) is 0.447. The van der Waals surface area contributed by atoms with Gasteiger partial charge in [0, 0.05) is 12.3 Å². The Bertz CT molecular complexity index is 789. The number of rotatable bonds is 5. The molecule has 0 atom stereocenters. The van der Waals surface area contributed by atoms with Gasteiger partial charge < -0.3 is 5.73 Å². The number of anilines is 1. The molecular weight excluding hydrogens is 306 g/mol. The first-order valence-electron chi connectivity index (χ1n) is 5.58. The number of hydrogen-bond donors (Lipinski definition) is 2. The third kappa shape index (κ3) is 3.34. The molecule has 0 unspecified atom stereocenters. The number of carbonyl (C=O) groups is 1. The zero-order valence-electron chi connectivity index (χ0n) is 10.5. The zero-order valence-corrected chi connectivity index (χ0v) is 11.3. The van der Waals surface area contributed by atoms with Crippen LogP contribution in [0.15, 0.2) is 35.4 Å². The molecule has 0 saturated carbocycles. The Morgan fingerprint density at radius 1 is 1.33 bits per heavy atom. The highest BCUT2D eigenvalue weighted by atomic mass is 32.2. The first kappa shape index (κ1) is 14.9. The van der Waals surface area contributed by atoms with Crippen LogP contribution in [0.5, 0.6) is 0 Å². The fraction of sp³-hybridized carbons (Fsp3) is 0.0909. The molecule has 0 spiro atoms. The largest absolute Gasteiger partial charge is 0.368 e. The van der Waals surface area contributed by atoms with Gasteiger partial charge in [-0.05, 0) is 12.1 Å². The van der Waals surface area contributed by atoms with E-state index in [9.17, 15) is 22.0 Å². The molecule has 0 fully saturated rings. The SMILES string of the molecule is NC(=O)Cn1ccc(NS(=O)(=O)c2cccc(F)c2F)n1. The van der Waals surface area contributed by atoms with Crippen molar-refractivity contribution >= 4 is 21.7 Å². The summed E-state index contributed by atoms with van der Waals surface area (Å²) in [4.78, 5) is 9.86. The average molecular weight is 316 g/mol. The summed E-state index contributed by atoms with van der Waals surface area (Å²) in [7, 11) is -4.34. The maximum atomic E-state index is 13.5. The van der Waals surface area contributed by atoms with Crippen LogP contribution < -0.4 is 10.5 Å². The van der Waals surface area contributed by atoms with Crippen LogP contribution in [0, 0.1) is 11.6 Å². The Hall–Kier alpha value is -2.49. The topological polar surface area (TPSA) is 107 Å². The molecule has 0 aliphatic carbocycles. The summed E-state index contributed by atoms with van der Waals surface area (Å²) in [5, 5.41) is 3.72. The number of aromatic nitrogens is 2. The van der Waals surface area contributed by atoms with E-state index in [1.165, 1.54) is 12.3 Å². The van der Waals surface area contributed by atoms with Gasteiger partial charge in [-0.15, -0.1) is 0 Å². The van der Waals surface area contributed by atoms with E-state index in [-0.39, 0.29) is 12.4 Å². The van der Waals surface area contributed by atoms with Crippen molar-refractivity contribution in [2.45, 2.75) is 11.4 Å². The van der Waals surface area contributed by atoms with Crippen LogP contribution in [0.25, 0.3) is 0 Å². The van der Waals surface area contributed by atoms with Gasteiger partial charge in [-0.25, -0.2) is 17.2 Å². The van der Waals surface area contributed by atoms with Crippen LogP contribution in [0.4, 0.5) is 14.6 Å². The quantitative estimate of drug-likeness (QED) is 0.835. The molecule has 0 radical (unpaired) electrons. The maximum absolute atomic E-state index is 13.5. The first-order valence-corrected chi connectivity index (χ1v) is 7.06. The molecule has 7 nitrogen and oxygen atoms in total. The van der Waals surface area contributed by atoms with Gasteiger partial charge in [-0.2, -0.15) is 5.10 Å². The number of amides is 1. The molecule has 1 heterocycles. The Morgan fingerprint density at radius 2 is 2.05 bits per heavy atom. The lowest BCUT2D eigenvalue weighted by molar-refractivity contribution is -0.118. The number of sulfonamides is 1. The molecule has 2 rings (SSSR count). The number of benzene rings is 1. The highest BCUT2D eigenvalue weighted by Crippen LogP contribution is 2.19. The number of primary amides is 1. The molecule has 10 heteroatoms. The van der Waals surface area contributed by atoms with Gasteiger partial charge in [-0.1, -0.05) is 6.07 Å². The second-order valence-electron chi connectivity index (χ2n) is 4.02. The fourth-order valence-corrected chi connectivity index (χ4v) is 2.63. The molecule has 1 aromatic carbocycles. The molecule has 0 bridgehead atoms. The second kappa shape index (κ2) is 5.48. The van der Waals surface area contributed by atoms with Gasteiger partial charge in [-0.3, -0.25) is 14.2 Å². The lowest BCUT2D eigenvalue weighted by Gasteiger charge is -2.06. The minimum Gasteiger partial charge on any atom is -0.368 e. The minimum absolute atomic E-state index is 0.153. The maximum Gasteiger partial charge on any atom is 0.266 e. The van der Waals surface area contributed by atoms with Crippen molar-refractivity contribution < 1.29 is 22.0 Å². The number of carbonyl (C=O) groups excluding carboxylic acids is 1. The molecule has 112 valence electrons. The van der Waals surface area contributed by atoms with Gasteiger partial charge in [0.1, 0.15) is 11.4 Å². The van der Waals surface area contributed by atoms with E-state index in [1.54, 1.807) is 0 Å². The van der Waals surface area contributed by atoms with E-state index < -0.39 is 32.5 Å². The van der Waals surface area contributed by atoms with Crippen LogP contribution in [-0.2, 0) is 21.4 Å². The normalized spacial score (nSPS) is 11.3. The average Bonchev–Trinajstić information content (AvgIpc) is 2.78. The summed E-state index contributed by atoms with van der Waals surface area (Å²) in [6.07, 6.45) is 1.31. The van der Waals surface area contributed by atoms with Gasteiger partial charge in [0.2, 0.25) is 5.91 Å². The van der Waals surface area contributed by atoms with E-state index in [2.05, 4.69) is 5.10 Å². The number of nitrogens with zero attached hydrogens (tertiary/aromatic N) is 2. The van der Waals surface area contributed by atoms with Crippen molar-refractivity contribution in [1.29, 1.82) is 0 Å². The zero-order chi connectivity index (χ0) is 15.6. The molecule has 1 aromatic heterocycles. The second-order valence-corrected chi connectivity index (χ2v) is 5.67. The van der Waals surface area contributed by atoms with Gasteiger partial charge in [0.25, 0.3) is 10.0 Å². The summed E-state index contributed by atoms with van der Waals surface area (Å²) in [5.74, 6) is -3.58. The third-order valence-corrected chi connectivity index (χ3v) is 3.78. The Morgan fingerprint density at radius 3 is 2.71 bits per heavy atom. The van der Waals surface area contributed by atoms with Gasteiger partial charge in [0.05, 0.1) is 0 Å². The molecule has 21 heavy (non-hydrogen) atoms. The van der Waals surface area contributed by atoms with E-state index in [1.807, 2.05) is 4.72 Å². The molecule has 0 saturated heterocycles. The van der Waals surface area contributed by atoms with Crippen molar-refractivity contribution in [3.8, 4) is 0 Å². The summed E-state index contributed by atoms with van der Waals surface area (Å²) in [6.45, 7) is -0.240. The smallest absolute Gasteiger partial charge is 0.266 e. The van der Waals surface area contributed by atoms with Crippen LogP contribution in [0.3, 0.4) is 0 Å². The van der Waals surface area contributed by atoms with E-state index in [0.29, 0.717) is 0 Å². The number of nitrogens with one attached hydrogen (secondary N) is 1. The third-order valence-electron chi connectivity index (χ3n) is 2.40. The van der Waals surface area contributed by atoms with Crippen molar-refractivity contribution in [1.82, 2.24) is 9.78 Å². The first-order chi connectivity index (χ1) is 9.79. The van der Waals surface area contributed by atoms with Crippen LogP contribution in [-0.4, -0.2) is 24.1 Å². The van der Waals surface area contributed by atoms with Crippen LogP contribution in [0.2, 0.25) is 0 Å². The van der Waals surface area contributed by atoms with E-state index in [4.69, 9.17) is 5.73 Å². The van der Waals surface area contributed by atoms with Gasteiger partial charge in [0.15, 0.2) is 17.5 Å². The van der Waals surface area contributed by atoms with Crippen molar-refractivity contribution in [2.24, 2.45) is 5.73 Å². The summed E-state index contributed by atoms with van der Waals surface area (Å²) >= 11 is 0. The van der Waals surface area contributed by atoms with Gasteiger partial charge >= 0.3 is 0 Å². The molecule has 3 N–H and O–H groups in total. The van der Waals surface area contributed by atoms with Crippen molar-refractivity contribution in [3.05, 3.63) is 42.1 Å². The number of nitrogens with two attached hydrogens (primary N) is 1. The Balaban J connectivity index is 2.27. The summed E-state index contributed by atoms with van der Waals surface area (Å²) < 4.78 is 53.5. The molecule has 2 aromatic rings. The minimum atomic E-state index is -4.34. The fourth-order valence-electron chi connectivity index (χ4n) is 1.55. The van der Waals surface area contributed by atoms with E-state index in [0.717, 1.165) is 22.9 Å². The van der Waals surface area contributed by atoms with E-state index >= 15 is 0 Å². The van der Waals surface area contributed by atoms with Crippen molar-refractivity contribution in [2.75, 3.05) is 4.72 Å². The highest BCUT2D eigenvalue weighted by molar-refractivity contribution is 7.92. The summed E-state index contributed by atoms with van der Waals surface area (Å²) in [6, 6.07) is 4.04. The summed E-state index contributed by atoms with van der Waals surface area (Å²) in [5.41, 5.74) is 4.96. The lowest BCUT2D eigenvalue weighted by atomic mass is 10.3. The number of hydrogen-bond acceptors (Lipinski definition) is 4. The Labute approximate surface area is 118 Å². The van der Waals surface area contributed by atoms with Crippen LogP contribution in [0.1, 0.15) is 0 Å². The molecule has 0 aliphatic heterocycles. The monoisotopic (exact) mass is 316 g/mol.